The number of carbonyl (C=O) groups excluding carboxylic acids is 4. The molecule has 0 aliphatic carbocycles. The molecule has 1 fully saturated rings. The molecule has 1 saturated heterocycles. The van der Waals surface area contributed by atoms with Crippen molar-refractivity contribution < 1.29 is 33.8 Å². The molecule has 244 valence electrons. The maximum atomic E-state index is 14.2. The maximum absolute atomic E-state index is 14.2. The van der Waals surface area contributed by atoms with E-state index in [9.17, 15) is 29.1 Å². The van der Waals surface area contributed by atoms with Gasteiger partial charge in [0, 0.05) is 31.9 Å². The number of rotatable bonds is 14. The number of tetrazole rings is 1. The number of nitrogens with zero attached hydrogens (tertiary/aromatic N) is 6. The number of carboxylic acids is 1. The molecule has 4 rings (SSSR count). The average molecular weight is 637 g/mol. The number of hydrazone groups is 1. The Morgan fingerprint density at radius 3 is 2.67 bits per heavy atom. The van der Waals surface area contributed by atoms with Crippen LogP contribution in [0.15, 0.2) is 47.6 Å². The Bertz CT molecular complexity index is 1590. The Kier molecular flexibility index (Phi) is 11.7. The number of likely N-dealkylation sites (tertiary alicyclic amines) is 1. The molecule has 1 aromatic heterocycles. The number of benzene rings is 2. The summed E-state index contributed by atoms with van der Waals surface area (Å²) in [5.74, 6) is -2.35. The molecule has 17 heteroatoms. The Morgan fingerprint density at radius 1 is 1.13 bits per heavy atom. The molecule has 6 N–H and O–H groups in total. The van der Waals surface area contributed by atoms with Crippen LogP contribution < -0.4 is 21.8 Å². The monoisotopic (exact) mass is 636 g/mol. The van der Waals surface area contributed by atoms with Gasteiger partial charge in [-0.2, -0.15) is 5.10 Å². The number of carboxylic acid groups (broad SMARTS) is 1. The minimum atomic E-state index is -1.22. The van der Waals surface area contributed by atoms with Crippen molar-refractivity contribution in [3.8, 4) is 0 Å². The highest BCUT2D eigenvalue weighted by Gasteiger charge is 2.37. The quantitative estimate of drug-likeness (QED) is 0.119. The number of methoxy groups -OCH3 is 1. The topological polar surface area (TPSA) is 236 Å². The summed E-state index contributed by atoms with van der Waals surface area (Å²) in [5, 5.41) is 31.5. The molecule has 0 saturated carbocycles. The second-order valence-corrected chi connectivity index (χ2v) is 10.6. The fraction of sp³-hybridized carbons (Fsp3) is 0.414. The first-order valence-corrected chi connectivity index (χ1v) is 14.6. The zero-order valence-corrected chi connectivity index (χ0v) is 25.2. The van der Waals surface area contributed by atoms with Gasteiger partial charge < -0.3 is 31.1 Å². The molecular weight excluding hydrogens is 600 g/mol. The van der Waals surface area contributed by atoms with E-state index in [0.29, 0.717) is 36.0 Å². The van der Waals surface area contributed by atoms with Crippen LogP contribution >= 0.6 is 0 Å². The predicted octanol–water partition coefficient (Wildman–Crippen LogP) is 0.156. The number of amides is 5. The van der Waals surface area contributed by atoms with Gasteiger partial charge in [0.15, 0.2) is 5.82 Å². The fourth-order valence-electron chi connectivity index (χ4n) is 5.28. The van der Waals surface area contributed by atoms with Crippen molar-refractivity contribution in [2.45, 2.75) is 63.4 Å². The first-order valence-electron chi connectivity index (χ1n) is 14.6. The maximum Gasteiger partial charge on any atom is 0.332 e. The van der Waals surface area contributed by atoms with Gasteiger partial charge in [-0.15, -0.1) is 5.10 Å². The third kappa shape index (κ3) is 8.81. The molecule has 0 radical (unpaired) electrons. The SMILES string of the molecule is COCn1nnnc1CC[C@H](NC(=O)c1cccc2ccccc12)C(=O)N1CCCC[C@H]1C(=O)N[C@H](/C=N/NC(N)=O)CC(=O)O. The zero-order chi connectivity index (χ0) is 33.1. The highest BCUT2D eigenvalue weighted by Crippen LogP contribution is 2.22. The summed E-state index contributed by atoms with van der Waals surface area (Å²) in [6, 6.07) is 8.62. The smallest absolute Gasteiger partial charge is 0.332 e. The summed E-state index contributed by atoms with van der Waals surface area (Å²) < 4.78 is 6.56. The number of aliphatic carboxylic acids is 1. The lowest BCUT2D eigenvalue weighted by Gasteiger charge is -2.37. The van der Waals surface area contributed by atoms with E-state index >= 15 is 0 Å². The highest BCUT2D eigenvalue weighted by molar-refractivity contribution is 6.08. The molecule has 17 nitrogen and oxygen atoms in total. The van der Waals surface area contributed by atoms with Crippen molar-refractivity contribution in [2.24, 2.45) is 10.8 Å². The number of aromatic nitrogens is 4. The van der Waals surface area contributed by atoms with Gasteiger partial charge >= 0.3 is 12.0 Å². The number of primary amides is 1. The van der Waals surface area contributed by atoms with Crippen molar-refractivity contribution in [2.75, 3.05) is 13.7 Å². The van der Waals surface area contributed by atoms with Crippen molar-refractivity contribution in [3.05, 3.63) is 53.9 Å². The molecule has 46 heavy (non-hydrogen) atoms. The Labute approximate surface area is 263 Å². The van der Waals surface area contributed by atoms with Crippen molar-refractivity contribution in [1.82, 2.24) is 41.2 Å². The van der Waals surface area contributed by atoms with Crippen LogP contribution in [0.2, 0.25) is 0 Å². The number of piperidine rings is 1. The Balaban J connectivity index is 1.58. The largest absolute Gasteiger partial charge is 0.481 e. The van der Waals surface area contributed by atoms with Crippen LogP contribution in [0.25, 0.3) is 10.8 Å². The van der Waals surface area contributed by atoms with E-state index in [4.69, 9.17) is 10.5 Å². The lowest BCUT2D eigenvalue weighted by atomic mass is 9.98. The number of hydrogen-bond acceptors (Lipinski definition) is 10. The van der Waals surface area contributed by atoms with E-state index < -0.39 is 54.3 Å². The zero-order valence-electron chi connectivity index (χ0n) is 25.2. The number of carbonyl (C=O) groups is 5. The number of urea groups is 1. The van der Waals surface area contributed by atoms with E-state index in [1.165, 1.54) is 16.7 Å². The van der Waals surface area contributed by atoms with Crippen LogP contribution in [-0.2, 0) is 32.3 Å². The molecule has 2 aromatic carbocycles. The number of ether oxygens (including phenoxy) is 1. The number of nitrogens with two attached hydrogens (primary N) is 1. The number of hydrogen-bond donors (Lipinski definition) is 5. The average Bonchev–Trinajstić information content (AvgIpc) is 3.48. The lowest BCUT2D eigenvalue weighted by molar-refractivity contribution is -0.144. The van der Waals surface area contributed by atoms with Gasteiger partial charge in [0.2, 0.25) is 11.8 Å². The van der Waals surface area contributed by atoms with E-state index in [-0.39, 0.29) is 26.1 Å². The molecule has 1 aliphatic rings. The molecule has 2 heterocycles. The summed E-state index contributed by atoms with van der Waals surface area (Å²) >= 11 is 0. The summed E-state index contributed by atoms with van der Waals surface area (Å²) in [6.45, 7) is 0.327. The molecule has 3 atom stereocenters. The molecular formula is C29H36N10O7. The van der Waals surface area contributed by atoms with Crippen LogP contribution in [0.5, 0.6) is 0 Å². The first-order chi connectivity index (χ1) is 22.2. The number of aryl methyl sites for hydroxylation is 1. The van der Waals surface area contributed by atoms with Crippen LogP contribution in [-0.4, -0.2) is 97.9 Å². The number of fused-ring (bicyclic) bond motifs is 1. The van der Waals surface area contributed by atoms with Gasteiger partial charge in [0.1, 0.15) is 18.8 Å². The van der Waals surface area contributed by atoms with Crippen LogP contribution in [0.3, 0.4) is 0 Å². The van der Waals surface area contributed by atoms with Crippen molar-refractivity contribution in [3.63, 3.8) is 0 Å². The van der Waals surface area contributed by atoms with Crippen molar-refractivity contribution >= 4 is 46.7 Å². The van der Waals surface area contributed by atoms with Gasteiger partial charge in [0.05, 0.1) is 12.5 Å². The molecule has 3 aromatic rings. The van der Waals surface area contributed by atoms with Crippen LogP contribution in [0.4, 0.5) is 4.79 Å². The lowest BCUT2D eigenvalue weighted by Crippen LogP contribution is -2.58. The van der Waals surface area contributed by atoms with Gasteiger partial charge in [0.25, 0.3) is 5.91 Å². The van der Waals surface area contributed by atoms with E-state index in [1.807, 2.05) is 35.8 Å². The standard InChI is InChI=1S/C29H36N10O7/c1-46-17-39-24(34-36-37-39)13-12-22(33-26(42)21-10-6-8-18-7-2-3-9-20(18)21)28(44)38-14-5-4-11-23(38)27(43)32-19(15-25(40)41)16-31-35-29(30)45/h2-3,6-10,16,19,22-23H,4-5,11-15,17H2,1H3,(H,32,43)(H,33,42)(H,40,41)(H3,30,35,45)/b31-16+/t19-,22-,23-/m0/s1. The summed E-state index contributed by atoms with van der Waals surface area (Å²) in [6.07, 6.45) is 2.40. The Morgan fingerprint density at radius 2 is 1.91 bits per heavy atom. The van der Waals surface area contributed by atoms with Crippen LogP contribution in [0.1, 0.15) is 48.3 Å². The minimum Gasteiger partial charge on any atom is -0.481 e. The molecule has 5 amide bonds. The summed E-state index contributed by atoms with van der Waals surface area (Å²) in [7, 11) is 1.49. The van der Waals surface area contributed by atoms with Crippen LogP contribution in [0, 0.1) is 0 Å². The van der Waals surface area contributed by atoms with Gasteiger partial charge in [-0.25, -0.2) is 14.9 Å². The molecule has 0 spiro atoms. The van der Waals surface area contributed by atoms with E-state index in [2.05, 4.69) is 31.3 Å². The normalized spacial score (nSPS) is 16.1. The third-order valence-electron chi connectivity index (χ3n) is 7.39. The third-order valence-corrected chi connectivity index (χ3v) is 7.39. The fourth-order valence-corrected chi connectivity index (χ4v) is 5.28. The minimum absolute atomic E-state index is 0.0907. The summed E-state index contributed by atoms with van der Waals surface area (Å²) in [5.41, 5.74) is 7.34. The second kappa shape index (κ2) is 16.0. The summed E-state index contributed by atoms with van der Waals surface area (Å²) in [4.78, 5) is 65.1. The van der Waals surface area contributed by atoms with Crippen molar-refractivity contribution in [1.29, 1.82) is 0 Å². The van der Waals surface area contributed by atoms with Gasteiger partial charge in [-0.1, -0.05) is 36.4 Å². The molecule has 0 bridgehead atoms. The molecule has 0 unspecified atom stereocenters. The first kappa shape index (κ1) is 33.4. The second-order valence-electron chi connectivity index (χ2n) is 10.6. The molecule has 1 aliphatic heterocycles. The number of nitrogens with one attached hydrogen (secondary N) is 3. The van der Waals surface area contributed by atoms with E-state index in [0.717, 1.165) is 11.6 Å². The predicted molar refractivity (Wildman–Crippen MR) is 163 cm³/mol. The Hall–Kier alpha value is -5.45. The van der Waals surface area contributed by atoms with Gasteiger partial charge in [-0.05, 0) is 52.9 Å². The van der Waals surface area contributed by atoms with Gasteiger partial charge in [-0.3, -0.25) is 19.2 Å². The van der Waals surface area contributed by atoms with E-state index in [1.54, 1.807) is 12.1 Å². The highest BCUT2D eigenvalue weighted by atomic mass is 16.5.